The Bertz CT molecular complexity index is 120. The van der Waals surface area contributed by atoms with Crippen LogP contribution in [0.3, 0.4) is 0 Å². The van der Waals surface area contributed by atoms with Crippen molar-refractivity contribution in [2.75, 3.05) is 46.2 Å². The lowest BCUT2D eigenvalue weighted by Gasteiger charge is -2.12. The van der Waals surface area contributed by atoms with Gasteiger partial charge >= 0.3 is 0 Å². The van der Waals surface area contributed by atoms with Crippen LogP contribution in [0.15, 0.2) is 0 Å². The average Bonchev–Trinajstić information content (AvgIpc) is 2.22. The van der Waals surface area contributed by atoms with E-state index >= 15 is 0 Å². The average molecular weight is 221 g/mol. The summed E-state index contributed by atoms with van der Waals surface area (Å²) in [5, 5.41) is 8.41. The molecule has 0 saturated carbocycles. The van der Waals surface area contributed by atoms with Crippen LogP contribution >= 0.6 is 0 Å². The van der Waals surface area contributed by atoms with Crippen molar-refractivity contribution in [3.63, 3.8) is 0 Å². The zero-order valence-electron chi connectivity index (χ0n) is 9.31. The highest BCUT2D eigenvalue weighted by Gasteiger charge is 1.99. The Morgan fingerprint density at radius 3 is 2.20 bits per heavy atom. The molecule has 91 valence electrons. The summed E-state index contributed by atoms with van der Waals surface area (Å²) in [5.41, 5.74) is 0. The van der Waals surface area contributed by atoms with Crippen LogP contribution in [0.1, 0.15) is 6.92 Å². The minimum Gasteiger partial charge on any atom is -0.394 e. The van der Waals surface area contributed by atoms with Crippen molar-refractivity contribution in [3.05, 3.63) is 6.92 Å². The Morgan fingerprint density at radius 2 is 1.60 bits per heavy atom. The summed E-state index contributed by atoms with van der Waals surface area (Å²) in [7, 11) is 0. The zero-order chi connectivity index (χ0) is 11.4. The lowest BCUT2D eigenvalue weighted by atomic mass is 10.7. The fourth-order valence-corrected chi connectivity index (χ4v) is 0.859. The number of ether oxygens (including phenoxy) is 4. The van der Waals surface area contributed by atoms with Crippen LogP contribution in [0.2, 0.25) is 0 Å². The lowest BCUT2D eigenvalue weighted by Crippen LogP contribution is -2.17. The molecule has 0 amide bonds. The van der Waals surface area contributed by atoms with Gasteiger partial charge in [-0.1, -0.05) is 0 Å². The number of aliphatic hydroxyl groups excluding tert-OH is 1. The van der Waals surface area contributed by atoms with E-state index in [4.69, 9.17) is 24.1 Å². The number of hydrogen-bond acceptors (Lipinski definition) is 5. The van der Waals surface area contributed by atoms with Gasteiger partial charge < -0.3 is 24.1 Å². The third kappa shape index (κ3) is 11.7. The van der Waals surface area contributed by atoms with Gasteiger partial charge in [0.25, 0.3) is 0 Å². The van der Waals surface area contributed by atoms with E-state index in [1.54, 1.807) is 0 Å². The molecule has 15 heavy (non-hydrogen) atoms. The standard InChI is InChI=1S/C10H21O5/c1-3-14-10(2)15-9-8-13-7-6-12-5-4-11/h10-11H,2-9H2,1H3. The third-order valence-corrected chi connectivity index (χ3v) is 1.49. The fourth-order valence-electron chi connectivity index (χ4n) is 0.859. The van der Waals surface area contributed by atoms with Crippen molar-refractivity contribution in [3.8, 4) is 0 Å². The second kappa shape index (κ2) is 11.9. The molecule has 0 aliphatic heterocycles. The maximum atomic E-state index is 8.41. The Balaban J connectivity index is 2.98. The fraction of sp³-hybridized carbons (Fsp3) is 0.900. The van der Waals surface area contributed by atoms with Crippen molar-refractivity contribution in [2.24, 2.45) is 0 Å². The summed E-state index contributed by atoms with van der Waals surface area (Å²) in [6, 6.07) is 0. The quantitative estimate of drug-likeness (QED) is 0.399. The molecule has 1 unspecified atom stereocenters. The molecule has 0 heterocycles. The summed E-state index contributed by atoms with van der Waals surface area (Å²) in [5.74, 6) is 0. The van der Waals surface area contributed by atoms with Crippen molar-refractivity contribution < 1.29 is 24.1 Å². The molecule has 0 bridgehead atoms. The molecule has 0 fully saturated rings. The number of aliphatic hydroxyl groups is 1. The van der Waals surface area contributed by atoms with Gasteiger partial charge in [-0.05, 0) is 6.92 Å². The molecule has 0 aromatic rings. The summed E-state index contributed by atoms with van der Waals surface area (Å²) in [4.78, 5) is 0. The van der Waals surface area contributed by atoms with Gasteiger partial charge in [0.1, 0.15) is 0 Å². The van der Waals surface area contributed by atoms with Gasteiger partial charge in [-0.25, -0.2) is 0 Å². The van der Waals surface area contributed by atoms with E-state index in [1.807, 2.05) is 6.92 Å². The molecule has 1 N–H and O–H groups in total. The summed E-state index contributed by atoms with van der Waals surface area (Å²) in [6.07, 6.45) is -0.427. The van der Waals surface area contributed by atoms with Crippen molar-refractivity contribution >= 4 is 0 Å². The first-order valence-electron chi connectivity index (χ1n) is 5.14. The van der Waals surface area contributed by atoms with E-state index in [2.05, 4.69) is 6.92 Å². The topological polar surface area (TPSA) is 57.2 Å². The molecule has 0 aromatic carbocycles. The van der Waals surface area contributed by atoms with Gasteiger partial charge in [0.2, 0.25) is 0 Å². The van der Waals surface area contributed by atoms with E-state index in [0.29, 0.717) is 39.6 Å². The van der Waals surface area contributed by atoms with Gasteiger partial charge in [0.05, 0.1) is 39.6 Å². The smallest absolute Gasteiger partial charge is 0.157 e. The van der Waals surface area contributed by atoms with Crippen molar-refractivity contribution in [2.45, 2.75) is 13.2 Å². The van der Waals surface area contributed by atoms with Crippen LogP contribution in [0.5, 0.6) is 0 Å². The number of rotatable bonds is 11. The third-order valence-electron chi connectivity index (χ3n) is 1.49. The molecule has 0 aromatic heterocycles. The molecule has 0 spiro atoms. The van der Waals surface area contributed by atoms with Crippen molar-refractivity contribution in [1.82, 2.24) is 0 Å². The molecule has 1 radical (unpaired) electrons. The second-order valence-corrected chi connectivity index (χ2v) is 2.70. The lowest BCUT2D eigenvalue weighted by molar-refractivity contribution is -0.121. The van der Waals surface area contributed by atoms with Gasteiger partial charge in [-0.3, -0.25) is 0 Å². The minimum atomic E-state index is -0.427. The van der Waals surface area contributed by atoms with Gasteiger partial charge in [-0.2, -0.15) is 0 Å². The summed E-state index contributed by atoms with van der Waals surface area (Å²) < 4.78 is 20.4. The van der Waals surface area contributed by atoms with Gasteiger partial charge in [0.15, 0.2) is 6.29 Å². The largest absolute Gasteiger partial charge is 0.394 e. The monoisotopic (exact) mass is 221 g/mol. The van der Waals surface area contributed by atoms with E-state index in [1.165, 1.54) is 0 Å². The Labute approximate surface area is 91.3 Å². The highest BCUT2D eigenvalue weighted by Crippen LogP contribution is 1.91. The summed E-state index contributed by atoms with van der Waals surface area (Å²) >= 11 is 0. The molecule has 0 aliphatic rings. The van der Waals surface area contributed by atoms with Crippen LogP contribution in [0, 0.1) is 6.92 Å². The molecular formula is C10H21O5. The minimum absolute atomic E-state index is 0.0423. The van der Waals surface area contributed by atoms with Gasteiger partial charge in [0, 0.05) is 13.5 Å². The van der Waals surface area contributed by atoms with E-state index in [-0.39, 0.29) is 6.61 Å². The first-order valence-corrected chi connectivity index (χ1v) is 5.14. The Hall–Kier alpha value is -0.200. The maximum Gasteiger partial charge on any atom is 0.157 e. The predicted molar refractivity (Wildman–Crippen MR) is 55.4 cm³/mol. The molecule has 0 rings (SSSR count). The molecular weight excluding hydrogens is 200 g/mol. The predicted octanol–water partition coefficient (Wildman–Crippen LogP) is 0.225. The second-order valence-electron chi connectivity index (χ2n) is 2.70. The SMILES string of the molecule is [CH2]C(OCC)OCCOCCOCCO. The number of hydrogen-bond donors (Lipinski definition) is 1. The van der Waals surface area contributed by atoms with Crippen LogP contribution in [-0.2, 0) is 18.9 Å². The molecule has 5 nitrogen and oxygen atoms in total. The van der Waals surface area contributed by atoms with Crippen LogP contribution in [-0.4, -0.2) is 57.6 Å². The van der Waals surface area contributed by atoms with Crippen LogP contribution in [0.4, 0.5) is 0 Å². The zero-order valence-corrected chi connectivity index (χ0v) is 9.31. The maximum absolute atomic E-state index is 8.41. The molecule has 0 saturated heterocycles. The normalized spacial score (nSPS) is 13.0. The van der Waals surface area contributed by atoms with E-state index < -0.39 is 6.29 Å². The van der Waals surface area contributed by atoms with Crippen LogP contribution < -0.4 is 0 Å². The first kappa shape index (κ1) is 14.8. The molecule has 5 heteroatoms. The highest BCUT2D eigenvalue weighted by atomic mass is 16.7. The highest BCUT2D eigenvalue weighted by molar-refractivity contribution is 4.44. The first-order chi connectivity index (χ1) is 7.31. The van der Waals surface area contributed by atoms with Gasteiger partial charge in [-0.15, -0.1) is 0 Å². The Kier molecular flexibility index (Phi) is 11.7. The van der Waals surface area contributed by atoms with Crippen LogP contribution in [0.25, 0.3) is 0 Å². The van der Waals surface area contributed by atoms with E-state index in [0.717, 1.165) is 0 Å². The summed E-state index contributed by atoms with van der Waals surface area (Å²) in [6.45, 7) is 8.43. The Morgan fingerprint density at radius 1 is 1.00 bits per heavy atom. The molecule has 1 atom stereocenters. The van der Waals surface area contributed by atoms with E-state index in [9.17, 15) is 0 Å². The molecule has 0 aliphatic carbocycles. The van der Waals surface area contributed by atoms with Crippen molar-refractivity contribution in [1.29, 1.82) is 0 Å².